The summed E-state index contributed by atoms with van der Waals surface area (Å²) in [5.74, 6) is 0. The molecule has 0 aliphatic carbocycles. The monoisotopic (exact) mass is 338 g/mol. The first kappa shape index (κ1) is 18.1. The summed E-state index contributed by atoms with van der Waals surface area (Å²) in [6.45, 7) is 7.03. The van der Waals surface area contributed by atoms with E-state index in [4.69, 9.17) is 4.84 Å². The Morgan fingerprint density at radius 3 is 2.16 bits per heavy atom. The molecular weight excluding hydrogens is 308 g/mol. The lowest BCUT2D eigenvalue weighted by molar-refractivity contribution is -0.149. The van der Waals surface area contributed by atoms with Crippen LogP contribution in [0.2, 0.25) is 0 Å². The molecule has 0 saturated carbocycles. The van der Waals surface area contributed by atoms with Crippen LogP contribution in [0.3, 0.4) is 0 Å². The van der Waals surface area contributed by atoms with Crippen LogP contribution in [0.15, 0.2) is 60.7 Å². The molecule has 0 spiro atoms. The van der Waals surface area contributed by atoms with Crippen molar-refractivity contribution in [1.82, 2.24) is 9.96 Å². The quantitative estimate of drug-likeness (QED) is 0.707. The lowest BCUT2D eigenvalue weighted by Gasteiger charge is -2.44. The number of hydrogen-bond donors (Lipinski definition) is 0. The minimum Gasteiger partial charge on any atom is -0.300 e. The zero-order valence-corrected chi connectivity index (χ0v) is 15.5. The van der Waals surface area contributed by atoms with Gasteiger partial charge in [0.25, 0.3) is 0 Å². The fraction of sp³-hybridized carbons (Fsp3) is 0.455. The van der Waals surface area contributed by atoms with E-state index in [0.29, 0.717) is 0 Å². The molecule has 0 aromatic heterocycles. The van der Waals surface area contributed by atoms with Crippen LogP contribution in [0.1, 0.15) is 30.9 Å². The molecule has 1 fully saturated rings. The van der Waals surface area contributed by atoms with Gasteiger partial charge in [-0.05, 0) is 44.0 Å². The molecule has 1 aliphatic heterocycles. The number of likely N-dealkylation sites (N-methyl/N-ethyl adjacent to an activating group) is 1. The van der Waals surface area contributed by atoms with Crippen molar-refractivity contribution in [3.8, 4) is 0 Å². The SMILES string of the molecule is CCON(C)CC1(c2ccccc2)CCN(Cc2ccccc2)CC1. The first-order chi connectivity index (χ1) is 12.2. The molecule has 0 radical (unpaired) electrons. The topological polar surface area (TPSA) is 15.7 Å². The summed E-state index contributed by atoms with van der Waals surface area (Å²) in [5.41, 5.74) is 3.03. The van der Waals surface area contributed by atoms with Gasteiger partial charge in [0.1, 0.15) is 0 Å². The van der Waals surface area contributed by atoms with E-state index in [0.717, 1.165) is 32.8 Å². The average molecular weight is 338 g/mol. The smallest absolute Gasteiger partial charge is 0.0656 e. The highest BCUT2D eigenvalue weighted by molar-refractivity contribution is 5.27. The zero-order valence-electron chi connectivity index (χ0n) is 15.5. The maximum absolute atomic E-state index is 5.73. The normalized spacial score (nSPS) is 17.7. The van der Waals surface area contributed by atoms with E-state index in [1.165, 1.54) is 24.0 Å². The second-order valence-corrected chi connectivity index (χ2v) is 7.11. The molecule has 0 amide bonds. The van der Waals surface area contributed by atoms with Crippen LogP contribution in [0.25, 0.3) is 0 Å². The lowest BCUT2D eigenvalue weighted by atomic mass is 9.72. The van der Waals surface area contributed by atoms with Crippen molar-refractivity contribution in [2.75, 3.05) is 33.3 Å². The van der Waals surface area contributed by atoms with Gasteiger partial charge in [-0.2, -0.15) is 5.06 Å². The van der Waals surface area contributed by atoms with Gasteiger partial charge in [-0.25, -0.2) is 0 Å². The zero-order chi connectivity index (χ0) is 17.5. The molecule has 25 heavy (non-hydrogen) atoms. The first-order valence-corrected chi connectivity index (χ1v) is 9.38. The number of piperidine rings is 1. The Labute approximate surface area is 152 Å². The molecule has 0 N–H and O–H groups in total. The minimum atomic E-state index is 0.179. The Hall–Kier alpha value is -1.68. The standard InChI is InChI=1S/C22H30N2O/c1-3-25-23(2)19-22(21-12-8-5-9-13-21)14-16-24(17-15-22)18-20-10-6-4-7-11-20/h4-13H,3,14-19H2,1-2H3. The van der Waals surface area contributed by atoms with Crippen LogP contribution in [0.5, 0.6) is 0 Å². The number of hydrogen-bond acceptors (Lipinski definition) is 3. The Bertz CT molecular complexity index is 621. The van der Waals surface area contributed by atoms with E-state index in [2.05, 4.69) is 72.6 Å². The molecule has 0 unspecified atom stereocenters. The average Bonchev–Trinajstić information content (AvgIpc) is 2.65. The van der Waals surface area contributed by atoms with Gasteiger partial charge in [-0.1, -0.05) is 60.7 Å². The van der Waals surface area contributed by atoms with Gasteiger partial charge in [0.2, 0.25) is 0 Å². The Kier molecular flexibility index (Phi) is 6.24. The van der Waals surface area contributed by atoms with Crippen molar-refractivity contribution in [1.29, 1.82) is 0 Å². The lowest BCUT2D eigenvalue weighted by Crippen LogP contribution is -2.48. The summed E-state index contributed by atoms with van der Waals surface area (Å²) < 4.78 is 0. The number of benzene rings is 2. The number of nitrogens with zero attached hydrogens (tertiary/aromatic N) is 2. The van der Waals surface area contributed by atoms with Gasteiger partial charge >= 0.3 is 0 Å². The second-order valence-electron chi connectivity index (χ2n) is 7.11. The molecular formula is C22H30N2O. The van der Waals surface area contributed by atoms with Crippen LogP contribution >= 0.6 is 0 Å². The number of hydroxylamine groups is 2. The van der Waals surface area contributed by atoms with Crippen LogP contribution in [0, 0.1) is 0 Å². The van der Waals surface area contributed by atoms with Crippen LogP contribution in [0.4, 0.5) is 0 Å². The maximum atomic E-state index is 5.73. The highest BCUT2D eigenvalue weighted by Gasteiger charge is 2.37. The van der Waals surface area contributed by atoms with Crippen molar-refractivity contribution in [2.24, 2.45) is 0 Å². The third kappa shape index (κ3) is 4.69. The Morgan fingerprint density at radius 1 is 0.960 bits per heavy atom. The van der Waals surface area contributed by atoms with Gasteiger partial charge in [-0.3, -0.25) is 9.74 Å². The maximum Gasteiger partial charge on any atom is 0.0656 e. The van der Waals surface area contributed by atoms with Gasteiger partial charge in [-0.15, -0.1) is 0 Å². The fourth-order valence-electron chi connectivity index (χ4n) is 4.00. The fourth-order valence-corrected chi connectivity index (χ4v) is 4.00. The highest BCUT2D eigenvalue weighted by Crippen LogP contribution is 2.36. The van der Waals surface area contributed by atoms with E-state index >= 15 is 0 Å². The molecule has 1 heterocycles. The molecule has 1 aliphatic rings. The minimum absolute atomic E-state index is 0.179. The van der Waals surface area contributed by atoms with Crippen molar-refractivity contribution in [3.63, 3.8) is 0 Å². The van der Waals surface area contributed by atoms with Gasteiger partial charge in [0.05, 0.1) is 6.61 Å². The van der Waals surface area contributed by atoms with E-state index < -0.39 is 0 Å². The summed E-state index contributed by atoms with van der Waals surface area (Å²) >= 11 is 0. The molecule has 2 aromatic carbocycles. The molecule has 134 valence electrons. The summed E-state index contributed by atoms with van der Waals surface area (Å²) in [5, 5.41) is 2.03. The molecule has 2 aromatic rings. The molecule has 0 atom stereocenters. The van der Waals surface area contributed by atoms with E-state index in [1.54, 1.807) is 0 Å². The van der Waals surface area contributed by atoms with E-state index in [9.17, 15) is 0 Å². The van der Waals surface area contributed by atoms with Gasteiger partial charge < -0.3 is 0 Å². The van der Waals surface area contributed by atoms with Gasteiger partial charge in [0.15, 0.2) is 0 Å². The first-order valence-electron chi connectivity index (χ1n) is 9.38. The molecule has 1 saturated heterocycles. The second kappa shape index (κ2) is 8.61. The van der Waals surface area contributed by atoms with E-state index in [-0.39, 0.29) is 5.41 Å². The predicted octanol–water partition coefficient (Wildman–Crippen LogP) is 4.10. The third-order valence-corrected chi connectivity index (χ3v) is 5.32. The number of rotatable bonds is 7. The molecule has 3 rings (SSSR count). The van der Waals surface area contributed by atoms with Crippen molar-refractivity contribution >= 4 is 0 Å². The van der Waals surface area contributed by atoms with Crippen molar-refractivity contribution in [3.05, 3.63) is 71.8 Å². The van der Waals surface area contributed by atoms with Crippen molar-refractivity contribution < 1.29 is 4.84 Å². The summed E-state index contributed by atoms with van der Waals surface area (Å²) in [6, 6.07) is 21.8. The Balaban J connectivity index is 1.70. The van der Waals surface area contributed by atoms with Gasteiger partial charge in [0, 0.05) is 25.6 Å². The summed E-state index contributed by atoms with van der Waals surface area (Å²) in [7, 11) is 2.06. The molecule has 3 heteroatoms. The summed E-state index contributed by atoms with van der Waals surface area (Å²) in [6.07, 6.45) is 2.34. The van der Waals surface area contributed by atoms with Crippen LogP contribution in [-0.4, -0.2) is 43.3 Å². The van der Waals surface area contributed by atoms with Crippen LogP contribution < -0.4 is 0 Å². The van der Waals surface area contributed by atoms with Crippen LogP contribution in [-0.2, 0) is 16.8 Å². The molecule has 3 nitrogen and oxygen atoms in total. The molecule has 0 bridgehead atoms. The largest absolute Gasteiger partial charge is 0.300 e. The highest BCUT2D eigenvalue weighted by atomic mass is 16.7. The number of likely N-dealkylation sites (tertiary alicyclic amines) is 1. The van der Waals surface area contributed by atoms with E-state index in [1.807, 2.05) is 12.0 Å². The summed E-state index contributed by atoms with van der Waals surface area (Å²) in [4.78, 5) is 8.31. The Morgan fingerprint density at radius 2 is 1.56 bits per heavy atom. The van der Waals surface area contributed by atoms with Crippen molar-refractivity contribution in [2.45, 2.75) is 31.7 Å². The predicted molar refractivity (Wildman–Crippen MR) is 103 cm³/mol. The third-order valence-electron chi connectivity index (χ3n) is 5.32.